The van der Waals surface area contributed by atoms with Gasteiger partial charge in [-0.15, -0.1) is 0 Å². The third-order valence-electron chi connectivity index (χ3n) is 1.20. The number of hydrogen-bond donors (Lipinski definition) is 0. The zero-order valence-electron chi connectivity index (χ0n) is 5.79. The van der Waals surface area contributed by atoms with Crippen molar-refractivity contribution in [3.8, 4) is 0 Å². The Morgan fingerprint density at radius 3 is 2.36 bits per heavy atom. The van der Waals surface area contributed by atoms with Crippen molar-refractivity contribution in [3.63, 3.8) is 0 Å². The molecule has 1 nitrogen and oxygen atoms in total. The van der Waals surface area contributed by atoms with E-state index in [1.54, 1.807) is 0 Å². The summed E-state index contributed by atoms with van der Waals surface area (Å²) in [5, 5.41) is 1.31. The summed E-state index contributed by atoms with van der Waals surface area (Å²) in [6, 6.07) is 5.51. The fourth-order valence-corrected chi connectivity index (χ4v) is 1.26. The Bertz CT molecular complexity index is 279. The number of hydrogen-bond acceptors (Lipinski definition) is 1. The summed E-state index contributed by atoms with van der Waals surface area (Å²) in [5.74, 6) is -0.324. The van der Waals surface area contributed by atoms with E-state index in [4.69, 9.17) is 0 Å². The molecule has 0 spiro atoms. The highest BCUT2D eigenvalue weighted by Crippen LogP contribution is 2.07. The monoisotopic (exact) mass is 170 g/mol. The van der Waals surface area contributed by atoms with E-state index < -0.39 is 10.8 Å². The van der Waals surface area contributed by atoms with E-state index in [-0.39, 0.29) is 5.82 Å². The molecule has 58 valence electrons. The Morgan fingerprint density at radius 2 is 1.91 bits per heavy atom. The number of rotatable bonds is 2. The summed E-state index contributed by atoms with van der Waals surface area (Å²) < 4.78 is 23.3. The largest absolute Gasteiger partial charge is 0.250 e. The Labute approximate surface area is 67.0 Å². The summed E-state index contributed by atoms with van der Waals surface area (Å²) in [6.45, 7) is 3.37. The van der Waals surface area contributed by atoms with Gasteiger partial charge in [-0.1, -0.05) is 6.58 Å². The van der Waals surface area contributed by atoms with Gasteiger partial charge in [0.25, 0.3) is 0 Å². The summed E-state index contributed by atoms with van der Waals surface area (Å²) >= 11 is 0. The van der Waals surface area contributed by atoms with Crippen LogP contribution >= 0.6 is 0 Å². The van der Waals surface area contributed by atoms with Gasteiger partial charge in [-0.25, -0.2) is 8.60 Å². The lowest BCUT2D eigenvalue weighted by Crippen LogP contribution is -1.84. The average molecular weight is 170 g/mol. The van der Waals surface area contributed by atoms with Crippen molar-refractivity contribution < 1.29 is 8.60 Å². The standard InChI is InChI=1S/C8H7FOS/c1-2-11(10)8-5-3-7(9)4-6-8/h2-6H,1H2. The van der Waals surface area contributed by atoms with Crippen LogP contribution in [0.4, 0.5) is 4.39 Å². The van der Waals surface area contributed by atoms with Gasteiger partial charge < -0.3 is 0 Å². The molecule has 3 heteroatoms. The van der Waals surface area contributed by atoms with Crippen LogP contribution in [0.1, 0.15) is 0 Å². The summed E-state index contributed by atoms with van der Waals surface area (Å²) in [7, 11) is -1.20. The van der Waals surface area contributed by atoms with Crippen LogP contribution in [0, 0.1) is 5.82 Å². The molecule has 1 aromatic rings. The normalized spacial score (nSPS) is 12.5. The molecule has 1 rings (SSSR count). The Morgan fingerprint density at radius 1 is 1.36 bits per heavy atom. The van der Waals surface area contributed by atoms with E-state index in [1.807, 2.05) is 0 Å². The van der Waals surface area contributed by atoms with Crippen LogP contribution in [0.2, 0.25) is 0 Å². The predicted molar refractivity (Wildman–Crippen MR) is 43.0 cm³/mol. The van der Waals surface area contributed by atoms with Gasteiger partial charge in [0.2, 0.25) is 0 Å². The Hall–Kier alpha value is -0.960. The molecule has 0 bridgehead atoms. The third-order valence-corrected chi connectivity index (χ3v) is 2.24. The first-order chi connectivity index (χ1) is 5.24. The van der Waals surface area contributed by atoms with Gasteiger partial charge in [-0.2, -0.15) is 0 Å². The van der Waals surface area contributed by atoms with Crippen molar-refractivity contribution in [3.05, 3.63) is 42.1 Å². The van der Waals surface area contributed by atoms with E-state index >= 15 is 0 Å². The Balaban J connectivity index is 2.98. The summed E-state index contributed by atoms with van der Waals surface area (Å²) in [6.07, 6.45) is 0. The van der Waals surface area contributed by atoms with E-state index in [9.17, 15) is 8.60 Å². The molecular formula is C8H7FOS. The van der Waals surface area contributed by atoms with Crippen LogP contribution in [0.3, 0.4) is 0 Å². The van der Waals surface area contributed by atoms with Crippen LogP contribution in [0.5, 0.6) is 0 Å². The maximum Gasteiger partial charge on any atom is 0.123 e. The minimum absolute atomic E-state index is 0.324. The van der Waals surface area contributed by atoms with Gasteiger partial charge in [0.05, 0.1) is 10.8 Å². The molecule has 1 unspecified atom stereocenters. The maximum atomic E-state index is 12.3. The van der Waals surface area contributed by atoms with Gasteiger partial charge in [0.1, 0.15) is 5.82 Å². The molecular weight excluding hydrogens is 163 g/mol. The maximum absolute atomic E-state index is 12.3. The third kappa shape index (κ3) is 1.98. The lowest BCUT2D eigenvalue weighted by Gasteiger charge is -1.93. The molecule has 0 saturated heterocycles. The van der Waals surface area contributed by atoms with Gasteiger partial charge >= 0.3 is 0 Å². The van der Waals surface area contributed by atoms with Crippen LogP contribution in [0.25, 0.3) is 0 Å². The van der Waals surface area contributed by atoms with Crippen LogP contribution in [-0.2, 0) is 10.8 Å². The van der Waals surface area contributed by atoms with Crippen molar-refractivity contribution in [1.82, 2.24) is 0 Å². The molecule has 0 radical (unpaired) electrons. The van der Waals surface area contributed by atoms with Gasteiger partial charge in [0.15, 0.2) is 0 Å². The molecule has 0 N–H and O–H groups in total. The molecule has 1 atom stereocenters. The molecule has 0 aliphatic heterocycles. The zero-order chi connectivity index (χ0) is 8.27. The lowest BCUT2D eigenvalue weighted by molar-refractivity contribution is 0.626. The fourth-order valence-electron chi connectivity index (χ4n) is 0.665. The van der Waals surface area contributed by atoms with Crippen LogP contribution in [0.15, 0.2) is 41.1 Å². The first kappa shape index (κ1) is 8.14. The van der Waals surface area contributed by atoms with Gasteiger partial charge in [-0.3, -0.25) is 0 Å². The van der Waals surface area contributed by atoms with Crippen molar-refractivity contribution in [2.45, 2.75) is 4.90 Å². The zero-order valence-corrected chi connectivity index (χ0v) is 6.60. The highest BCUT2D eigenvalue weighted by molar-refractivity contribution is 7.88. The SMILES string of the molecule is C=CS(=O)c1ccc(F)cc1. The van der Waals surface area contributed by atoms with Gasteiger partial charge in [-0.05, 0) is 24.3 Å². The molecule has 0 amide bonds. The molecule has 0 heterocycles. The Kier molecular flexibility index (Phi) is 2.54. The number of halogens is 1. The van der Waals surface area contributed by atoms with E-state index in [2.05, 4.69) is 6.58 Å². The minimum Gasteiger partial charge on any atom is -0.250 e. The second kappa shape index (κ2) is 3.44. The minimum atomic E-state index is -1.20. The van der Waals surface area contributed by atoms with E-state index in [0.717, 1.165) is 0 Å². The first-order valence-electron chi connectivity index (χ1n) is 3.03. The van der Waals surface area contributed by atoms with Crippen molar-refractivity contribution in [2.24, 2.45) is 0 Å². The smallest absolute Gasteiger partial charge is 0.123 e. The van der Waals surface area contributed by atoms with E-state index in [0.29, 0.717) is 4.90 Å². The number of benzene rings is 1. The fraction of sp³-hybridized carbons (Fsp3) is 0. The molecule has 11 heavy (non-hydrogen) atoms. The molecule has 1 aromatic carbocycles. The molecule has 0 aliphatic carbocycles. The molecule has 0 aromatic heterocycles. The summed E-state index contributed by atoms with van der Waals surface area (Å²) in [4.78, 5) is 0.571. The molecule has 0 saturated carbocycles. The van der Waals surface area contributed by atoms with Crippen LogP contribution < -0.4 is 0 Å². The van der Waals surface area contributed by atoms with Crippen molar-refractivity contribution in [1.29, 1.82) is 0 Å². The highest BCUT2D eigenvalue weighted by atomic mass is 32.2. The predicted octanol–water partition coefficient (Wildman–Crippen LogP) is 2.08. The molecule has 0 aliphatic rings. The van der Waals surface area contributed by atoms with Gasteiger partial charge in [0, 0.05) is 10.3 Å². The topological polar surface area (TPSA) is 17.1 Å². The second-order valence-corrected chi connectivity index (χ2v) is 3.32. The first-order valence-corrected chi connectivity index (χ1v) is 4.24. The summed E-state index contributed by atoms with van der Waals surface area (Å²) in [5.41, 5.74) is 0. The average Bonchev–Trinajstić information content (AvgIpc) is 2.05. The van der Waals surface area contributed by atoms with Crippen molar-refractivity contribution in [2.75, 3.05) is 0 Å². The highest BCUT2D eigenvalue weighted by Gasteiger charge is 1.97. The quantitative estimate of drug-likeness (QED) is 0.664. The van der Waals surface area contributed by atoms with Crippen molar-refractivity contribution >= 4 is 10.8 Å². The molecule has 0 fully saturated rings. The second-order valence-electron chi connectivity index (χ2n) is 1.92. The van der Waals surface area contributed by atoms with Crippen LogP contribution in [-0.4, -0.2) is 4.21 Å². The van der Waals surface area contributed by atoms with E-state index in [1.165, 1.54) is 29.7 Å². The lowest BCUT2D eigenvalue weighted by atomic mass is 10.4.